The van der Waals surface area contributed by atoms with Crippen molar-refractivity contribution in [2.45, 2.75) is 38.5 Å². The van der Waals surface area contributed by atoms with E-state index in [0.29, 0.717) is 6.42 Å². The predicted molar refractivity (Wildman–Crippen MR) is 119 cm³/mol. The van der Waals surface area contributed by atoms with Gasteiger partial charge in [0.05, 0.1) is 4.88 Å². The molecule has 1 saturated heterocycles. The lowest BCUT2D eigenvalue weighted by Crippen LogP contribution is -2.32. The van der Waals surface area contributed by atoms with E-state index in [9.17, 15) is 9.59 Å². The molecule has 29 heavy (non-hydrogen) atoms. The molecule has 1 aromatic heterocycles. The summed E-state index contributed by atoms with van der Waals surface area (Å²) in [5.74, 6) is -0.484. The number of unbranched alkanes of at least 4 members (excludes halogenated alkanes) is 1. The third-order valence-electron chi connectivity index (χ3n) is 5.75. The predicted octanol–water partition coefficient (Wildman–Crippen LogP) is 5.06. The topological polar surface area (TPSA) is 57.6 Å². The first-order valence-corrected chi connectivity index (χ1v) is 10.9. The molecule has 1 N–H and O–H groups in total. The van der Waals surface area contributed by atoms with Gasteiger partial charge in [-0.1, -0.05) is 29.8 Å². The van der Waals surface area contributed by atoms with Gasteiger partial charge in [0.2, 0.25) is 0 Å². The molecule has 0 spiro atoms. The van der Waals surface area contributed by atoms with E-state index in [4.69, 9.17) is 5.11 Å². The second-order valence-corrected chi connectivity index (χ2v) is 8.51. The Kier molecular flexibility index (Phi) is 7.28. The SMILES string of the molecule is Cl.O=C(O)CCCCN1CCC(=C2c3ccccc3CC(=O)c3sccc32)CC1. The molecule has 154 valence electrons. The zero-order valence-electron chi connectivity index (χ0n) is 16.4. The van der Waals surface area contributed by atoms with Gasteiger partial charge >= 0.3 is 5.97 Å². The number of rotatable bonds is 5. The zero-order chi connectivity index (χ0) is 19.5. The lowest BCUT2D eigenvalue weighted by molar-refractivity contribution is -0.137. The third-order valence-corrected chi connectivity index (χ3v) is 6.71. The van der Waals surface area contributed by atoms with Gasteiger partial charge in [0.15, 0.2) is 5.78 Å². The van der Waals surface area contributed by atoms with E-state index < -0.39 is 5.97 Å². The summed E-state index contributed by atoms with van der Waals surface area (Å²) in [6.45, 7) is 2.97. The lowest BCUT2D eigenvalue weighted by atomic mass is 9.87. The lowest BCUT2D eigenvalue weighted by Gasteiger charge is -2.30. The highest BCUT2D eigenvalue weighted by Gasteiger charge is 2.27. The Morgan fingerprint density at radius 3 is 2.59 bits per heavy atom. The minimum Gasteiger partial charge on any atom is -0.481 e. The maximum Gasteiger partial charge on any atom is 0.303 e. The molecule has 1 fully saturated rings. The van der Waals surface area contributed by atoms with Gasteiger partial charge in [-0.05, 0) is 60.4 Å². The van der Waals surface area contributed by atoms with Crippen molar-refractivity contribution in [1.82, 2.24) is 4.90 Å². The Labute approximate surface area is 181 Å². The van der Waals surface area contributed by atoms with Crippen LogP contribution in [0.15, 0.2) is 41.3 Å². The average Bonchev–Trinajstić information content (AvgIpc) is 3.13. The van der Waals surface area contributed by atoms with Gasteiger partial charge in [-0.2, -0.15) is 0 Å². The molecule has 0 radical (unpaired) electrons. The number of halogens is 1. The molecule has 0 unspecified atom stereocenters. The zero-order valence-corrected chi connectivity index (χ0v) is 18.0. The number of ketones is 1. The van der Waals surface area contributed by atoms with Crippen LogP contribution in [0.4, 0.5) is 0 Å². The molecule has 1 aliphatic carbocycles. The summed E-state index contributed by atoms with van der Waals surface area (Å²) in [7, 11) is 0. The first-order valence-electron chi connectivity index (χ1n) is 9.99. The van der Waals surface area contributed by atoms with Crippen LogP contribution in [0.1, 0.15) is 58.5 Å². The average molecular weight is 432 g/mol. The number of hydrogen-bond donors (Lipinski definition) is 1. The van der Waals surface area contributed by atoms with E-state index in [-0.39, 0.29) is 24.6 Å². The molecule has 0 amide bonds. The number of nitrogens with zero attached hydrogens (tertiary/aromatic N) is 1. The number of carbonyl (C=O) groups excluding carboxylic acids is 1. The van der Waals surface area contributed by atoms with Crippen LogP contribution in [-0.4, -0.2) is 41.4 Å². The van der Waals surface area contributed by atoms with Gasteiger partial charge in [0, 0.05) is 31.5 Å². The van der Waals surface area contributed by atoms with Crippen molar-refractivity contribution in [2.75, 3.05) is 19.6 Å². The Hall–Kier alpha value is -1.95. The number of benzene rings is 1. The molecule has 4 nitrogen and oxygen atoms in total. The van der Waals surface area contributed by atoms with Crippen LogP contribution in [0.5, 0.6) is 0 Å². The summed E-state index contributed by atoms with van der Waals surface area (Å²) in [6.07, 6.45) is 4.43. The van der Waals surface area contributed by atoms with Crippen molar-refractivity contribution in [2.24, 2.45) is 0 Å². The Balaban J connectivity index is 0.00000240. The van der Waals surface area contributed by atoms with Gasteiger partial charge in [0.1, 0.15) is 0 Å². The second-order valence-electron chi connectivity index (χ2n) is 7.59. The van der Waals surface area contributed by atoms with Crippen molar-refractivity contribution in [3.63, 3.8) is 0 Å². The molecule has 2 heterocycles. The Morgan fingerprint density at radius 2 is 1.83 bits per heavy atom. The fourth-order valence-corrected chi connectivity index (χ4v) is 5.17. The standard InChI is InChI=1S/C23H25NO3S.ClH/c25-20-15-17-5-1-2-6-18(17)22(19-10-14-28-23(19)20)16-8-12-24(13-9-16)11-4-3-7-21(26)27;/h1-2,5-6,10,14H,3-4,7-9,11-13,15H2,(H,26,27);1H. The maximum atomic E-state index is 12.7. The first-order chi connectivity index (χ1) is 13.6. The number of piperidine rings is 1. The quantitative estimate of drug-likeness (QED) is 0.672. The molecule has 6 heteroatoms. The van der Waals surface area contributed by atoms with Crippen molar-refractivity contribution < 1.29 is 14.7 Å². The molecule has 0 atom stereocenters. The summed E-state index contributed by atoms with van der Waals surface area (Å²) < 4.78 is 0. The normalized spacial score (nSPS) is 16.6. The summed E-state index contributed by atoms with van der Waals surface area (Å²) in [5.41, 5.74) is 6.20. The van der Waals surface area contributed by atoms with Crippen LogP contribution in [0, 0.1) is 0 Å². The van der Waals surface area contributed by atoms with Gasteiger partial charge in [-0.3, -0.25) is 9.59 Å². The third kappa shape index (κ3) is 4.80. The highest BCUT2D eigenvalue weighted by atomic mass is 35.5. The summed E-state index contributed by atoms with van der Waals surface area (Å²) >= 11 is 1.56. The number of carboxylic acids is 1. The fraction of sp³-hybridized carbons (Fsp3) is 0.391. The highest BCUT2D eigenvalue weighted by molar-refractivity contribution is 7.12. The Bertz CT molecular complexity index is 924. The van der Waals surface area contributed by atoms with E-state index in [1.54, 1.807) is 11.3 Å². The largest absolute Gasteiger partial charge is 0.481 e. The van der Waals surface area contributed by atoms with Crippen LogP contribution in [0.25, 0.3) is 5.57 Å². The molecular weight excluding hydrogens is 406 g/mol. The monoisotopic (exact) mass is 431 g/mol. The van der Waals surface area contributed by atoms with Crippen LogP contribution in [0.2, 0.25) is 0 Å². The van der Waals surface area contributed by atoms with Crippen LogP contribution < -0.4 is 0 Å². The number of thiophene rings is 1. The van der Waals surface area contributed by atoms with E-state index in [2.05, 4.69) is 29.2 Å². The maximum absolute atomic E-state index is 12.7. The van der Waals surface area contributed by atoms with E-state index in [1.165, 1.54) is 16.7 Å². The molecule has 2 aliphatic rings. The first kappa shape index (κ1) is 21.8. The molecular formula is C23H26ClNO3S. The minimum atomic E-state index is -0.709. The van der Waals surface area contributed by atoms with Crippen LogP contribution in [0.3, 0.4) is 0 Å². The van der Waals surface area contributed by atoms with E-state index in [1.807, 2.05) is 11.4 Å². The smallest absolute Gasteiger partial charge is 0.303 e. The summed E-state index contributed by atoms with van der Waals surface area (Å²) in [4.78, 5) is 26.7. The highest BCUT2D eigenvalue weighted by Crippen LogP contribution is 2.40. The Morgan fingerprint density at radius 1 is 1.07 bits per heavy atom. The molecule has 4 rings (SSSR count). The molecule has 0 saturated carbocycles. The number of likely N-dealkylation sites (tertiary alicyclic amines) is 1. The minimum absolute atomic E-state index is 0. The molecule has 1 aromatic carbocycles. The van der Waals surface area contributed by atoms with Gasteiger partial charge in [-0.25, -0.2) is 0 Å². The molecule has 0 bridgehead atoms. The summed E-state index contributed by atoms with van der Waals surface area (Å²) in [5, 5.41) is 10.8. The number of carboxylic acid groups (broad SMARTS) is 1. The number of fused-ring (bicyclic) bond motifs is 2. The summed E-state index contributed by atoms with van der Waals surface area (Å²) in [6, 6.07) is 10.4. The molecule has 2 aromatic rings. The van der Waals surface area contributed by atoms with E-state index in [0.717, 1.165) is 61.3 Å². The van der Waals surface area contributed by atoms with E-state index >= 15 is 0 Å². The van der Waals surface area contributed by atoms with Crippen LogP contribution in [-0.2, 0) is 11.2 Å². The van der Waals surface area contributed by atoms with Crippen molar-refractivity contribution in [3.05, 3.63) is 62.9 Å². The fourth-order valence-electron chi connectivity index (χ4n) is 4.33. The number of Topliss-reactive ketones (excluding diaryl/α,β-unsaturated/α-hetero) is 1. The van der Waals surface area contributed by atoms with Crippen LogP contribution >= 0.6 is 23.7 Å². The molecule has 1 aliphatic heterocycles. The number of hydrogen-bond acceptors (Lipinski definition) is 4. The van der Waals surface area contributed by atoms with Crippen molar-refractivity contribution in [3.8, 4) is 0 Å². The van der Waals surface area contributed by atoms with Crippen molar-refractivity contribution in [1.29, 1.82) is 0 Å². The second kappa shape index (κ2) is 9.70. The van der Waals surface area contributed by atoms with Gasteiger partial charge in [0.25, 0.3) is 0 Å². The van der Waals surface area contributed by atoms with Gasteiger partial charge < -0.3 is 10.0 Å². The van der Waals surface area contributed by atoms with Crippen molar-refractivity contribution >= 4 is 41.1 Å². The number of aliphatic carboxylic acids is 1. The number of carbonyl (C=O) groups is 2. The van der Waals surface area contributed by atoms with Gasteiger partial charge in [-0.15, -0.1) is 23.7 Å².